The van der Waals surface area contributed by atoms with Crippen LogP contribution in [-0.4, -0.2) is 297 Å². The molecule has 5 aliphatic heterocycles. The fraction of sp³-hybridized carbons (Fsp3) is 0.967. The van der Waals surface area contributed by atoms with Gasteiger partial charge in [0.25, 0.3) is 0 Å². The van der Waals surface area contributed by atoms with E-state index in [9.17, 15) is 91.9 Å². The second-order valence-corrected chi connectivity index (χ2v) is 29.3. The van der Waals surface area contributed by atoms with E-state index < -0.39 is 226 Å². The lowest BCUT2D eigenvalue weighted by atomic mass is 9.33. The van der Waals surface area contributed by atoms with Gasteiger partial charge >= 0.3 is 0 Å². The Labute approximate surface area is 511 Å². The molecule has 5 heterocycles. The summed E-state index contributed by atoms with van der Waals surface area (Å²) in [5, 5.41) is 196. The van der Waals surface area contributed by atoms with Crippen molar-refractivity contribution in [1.82, 2.24) is 0 Å². The Morgan fingerprint density at radius 2 is 0.955 bits per heavy atom. The molecule has 18 N–H and O–H groups in total. The number of rotatable bonds is 15. The predicted octanol–water partition coefficient (Wildman–Crippen LogP) is -4.77. The van der Waals surface area contributed by atoms with Crippen LogP contribution in [0.4, 0.5) is 0 Å². The zero-order chi connectivity index (χ0) is 64.4. The van der Waals surface area contributed by atoms with Gasteiger partial charge in [-0.1, -0.05) is 60.1 Å². The molecule has 88 heavy (non-hydrogen) atoms. The molecule has 9 fully saturated rings. The van der Waals surface area contributed by atoms with Crippen LogP contribution in [0.2, 0.25) is 0 Å². The molecule has 0 bridgehead atoms. The van der Waals surface area contributed by atoms with Crippen molar-refractivity contribution in [3.05, 3.63) is 11.6 Å². The molecule has 0 radical (unpaired) electrons. The van der Waals surface area contributed by atoms with Gasteiger partial charge in [-0.3, -0.25) is 0 Å². The summed E-state index contributed by atoms with van der Waals surface area (Å²) in [5.41, 5.74) is -2.51. The molecule has 0 spiro atoms. The van der Waals surface area contributed by atoms with Gasteiger partial charge in [0.15, 0.2) is 31.5 Å². The van der Waals surface area contributed by atoms with E-state index in [0.29, 0.717) is 38.5 Å². The molecular weight excluding hydrogens is 1170 g/mol. The van der Waals surface area contributed by atoms with Crippen molar-refractivity contribution in [2.75, 3.05) is 33.0 Å². The number of aliphatic hydroxyl groups excluding tert-OH is 18. The van der Waals surface area contributed by atoms with Gasteiger partial charge in [0.05, 0.1) is 57.5 Å². The van der Waals surface area contributed by atoms with Gasteiger partial charge in [0.2, 0.25) is 0 Å². The maximum atomic E-state index is 12.7. The second kappa shape index (κ2) is 25.6. The molecular formula is C60H100O28. The zero-order valence-electron chi connectivity index (χ0n) is 51.3. The highest BCUT2D eigenvalue weighted by Gasteiger charge is 2.71. The summed E-state index contributed by atoms with van der Waals surface area (Å²) in [6.45, 7) is 13.7. The molecule has 508 valence electrons. The molecule has 5 aliphatic carbocycles. The first-order valence-corrected chi connectivity index (χ1v) is 31.4. The molecule has 10 rings (SSSR count). The van der Waals surface area contributed by atoms with Crippen molar-refractivity contribution in [3.8, 4) is 0 Å². The van der Waals surface area contributed by atoms with Gasteiger partial charge < -0.3 is 139 Å². The molecule has 0 aromatic heterocycles. The highest BCUT2D eigenvalue weighted by Crippen LogP contribution is 2.76. The number of allylic oxidation sites excluding steroid dienone is 2. The van der Waals surface area contributed by atoms with E-state index in [4.69, 9.17) is 47.4 Å². The number of hydrogen-bond donors (Lipinski definition) is 18. The lowest BCUT2D eigenvalue weighted by molar-refractivity contribution is -0.374. The Balaban J connectivity index is 0.885. The normalized spacial score (nSPS) is 55.3. The van der Waals surface area contributed by atoms with Crippen molar-refractivity contribution in [1.29, 1.82) is 0 Å². The zero-order valence-corrected chi connectivity index (χ0v) is 51.3. The Morgan fingerprint density at radius 3 is 1.51 bits per heavy atom. The van der Waals surface area contributed by atoms with Crippen LogP contribution in [0.1, 0.15) is 107 Å². The summed E-state index contributed by atoms with van der Waals surface area (Å²) in [5.74, 6) is -0.207. The first-order chi connectivity index (χ1) is 41.1. The van der Waals surface area contributed by atoms with Gasteiger partial charge in [0, 0.05) is 5.41 Å². The minimum atomic E-state index is -1.91. The largest absolute Gasteiger partial charge is 0.394 e. The second-order valence-electron chi connectivity index (χ2n) is 29.3. The van der Waals surface area contributed by atoms with Crippen molar-refractivity contribution < 1.29 is 139 Å². The van der Waals surface area contributed by atoms with Gasteiger partial charge in [-0.05, 0) is 103 Å². The van der Waals surface area contributed by atoms with Crippen LogP contribution in [0, 0.1) is 50.2 Å². The fourth-order valence-corrected chi connectivity index (χ4v) is 18.0. The van der Waals surface area contributed by atoms with E-state index in [1.54, 1.807) is 0 Å². The lowest BCUT2D eigenvalue weighted by Crippen LogP contribution is -2.69. The monoisotopic (exact) mass is 1270 g/mol. The van der Waals surface area contributed by atoms with E-state index in [1.807, 2.05) is 13.8 Å². The molecule has 28 heteroatoms. The summed E-state index contributed by atoms with van der Waals surface area (Å²) >= 11 is 0. The number of aliphatic hydroxyl groups is 18. The first-order valence-electron chi connectivity index (χ1n) is 31.4. The maximum Gasteiger partial charge on any atom is 0.187 e. The molecule has 10 aliphatic rings. The molecule has 0 aromatic rings. The SMILES string of the molecule is CC1O[C@@H](OC2C(O)[C@H](O)C(CO[C@@H]3OC(CO)[C@@H](O)C(O)C3O)O[C@H]2OC[C@@]23CC[C@]4(C)C(=CCC5[C@@]6(C)CC[C@H](O[C@@H]7OC(CO[C@@H]8OC(CO)[C@@H](O)C(O)C8O)[C@@H](O)C(O)C7O)C(C)(C)C6CC[C@]54C)C2CC(C)(C)[C@@H](O)[C@@H]3O)C(O)C(O)[C@H]1O. The smallest absolute Gasteiger partial charge is 0.187 e. The van der Waals surface area contributed by atoms with E-state index in [-0.39, 0.29) is 29.3 Å². The Kier molecular flexibility index (Phi) is 20.2. The van der Waals surface area contributed by atoms with Crippen molar-refractivity contribution in [3.63, 3.8) is 0 Å². The molecule has 28 nitrogen and oxygen atoms in total. The Morgan fingerprint density at radius 1 is 0.466 bits per heavy atom. The first kappa shape index (κ1) is 69.4. The van der Waals surface area contributed by atoms with Crippen LogP contribution in [0.3, 0.4) is 0 Å². The minimum absolute atomic E-state index is 0.0706. The molecule has 5 saturated heterocycles. The van der Waals surface area contributed by atoms with Crippen LogP contribution in [0.15, 0.2) is 11.6 Å². The summed E-state index contributed by atoms with van der Waals surface area (Å²) in [6, 6.07) is 0. The van der Waals surface area contributed by atoms with Crippen molar-refractivity contribution in [2.45, 2.75) is 279 Å². The van der Waals surface area contributed by atoms with E-state index in [1.165, 1.54) is 6.92 Å². The molecule has 0 amide bonds. The van der Waals surface area contributed by atoms with Crippen molar-refractivity contribution >= 4 is 0 Å². The average Bonchev–Trinajstić information content (AvgIpc) is 0.919. The van der Waals surface area contributed by atoms with Gasteiger partial charge in [0.1, 0.15) is 116 Å². The highest BCUT2D eigenvalue weighted by molar-refractivity contribution is 5.35. The standard InChI is InChI=1S/C60H100O28/c1-23-33(63)38(68)45(75)52(82-23)88-47-42(72)37(67)29(21-80-51-44(74)40(70)35(65)27(19-62)84-51)86-54(47)81-22-60-16-15-58(7)24(25(60)17-55(2,3)48(77)49(60)78)9-10-31-57(6)13-12-32(56(4,5)30(57)11-14-59(31,58)8)87-53-46(76)41(71)36(66)28(85-53)20-79-50-43(73)39(69)34(64)26(18-61)83-50/h9,23,25-54,61-78H,10-22H2,1-8H3/t23?,25?,26?,27?,28?,29?,30?,31?,32-,33-,34+,35+,36+,37+,38?,39?,40?,41?,42?,43?,44?,45?,46?,47?,48-,49-,50+,51+,52-,53-,54+,57-,58+,59+,60-/m0/s1. The number of fused-ring (bicyclic) bond motifs is 7. The lowest BCUT2D eigenvalue weighted by Gasteiger charge is -2.72. The number of hydrogen-bond acceptors (Lipinski definition) is 28. The Hall–Kier alpha value is -1.38. The van der Waals surface area contributed by atoms with Crippen LogP contribution in [0.5, 0.6) is 0 Å². The Bertz CT molecular complexity index is 2400. The third kappa shape index (κ3) is 11.5. The molecule has 4 saturated carbocycles. The average molecular weight is 1270 g/mol. The van der Waals surface area contributed by atoms with Crippen LogP contribution in [-0.2, 0) is 47.4 Å². The summed E-state index contributed by atoms with van der Waals surface area (Å²) in [7, 11) is 0. The molecule has 18 unspecified atom stereocenters. The van der Waals surface area contributed by atoms with Gasteiger partial charge in [-0.2, -0.15) is 0 Å². The van der Waals surface area contributed by atoms with Crippen LogP contribution >= 0.6 is 0 Å². The third-order valence-corrected chi connectivity index (χ3v) is 23.8. The van der Waals surface area contributed by atoms with E-state index >= 15 is 0 Å². The minimum Gasteiger partial charge on any atom is -0.394 e. The van der Waals surface area contributed by atoms with Crippen LogP contribution in [0.25, 0.3) is 0 Å². The quantitative estimate of drug-likeness (QED) is 0.0541. The van der Waals surface area contributed by atoms with Gasteiger partial charge in [-0.25, -0.2) is 0 Å². The third-order valence-electron chi connectivity index (χ3n) is 23.8. The molecule has 0 aromatic carbocycles. The summed E-state index contributed by atoms with van der Waals surface area (Å²) < 4.78 is 60.2. The fourth-order valence-electron chi connectivity index (χ4n) is 18.0. The number of ether oxygens (including phenoxy) is 10. The van der Waals surface area contributed by atoms with E-state index in [2.05, 4.69) is 40.7 Å². The summed E-state index contributed by atoms with van der Waals surface area (Å²) in [4.78, 5) is 0. The predicted molar refractivity (Wildman–Crippen MR) is 297 cm³/mol. The maximum absolute atomic E-state index is 12.7. The van der Waals surface area contributed by atoms with Crippen molar-refractivity contribution in [2.24, 2.45) is 50.2 Å². The van der Waals surface area contributed by atoms with E-state index in [0.717, 1.165) is 18.4 Å². The molecule has 35 atom stereocenters. The summed E-state index contributed by atoms with van der Waals surface area (Å²) in [6.07, 6.45) is -36.5. The van der Waals surface area contributed by atoms with Crippen LogP contribution < -0.4 is 0 Å². The highest BCUT2D eigenvalue weighted by atomic mass is 16.8. The topological polar surface area (TPSA) is 456 Å². The van der Waals surface area contributed by atoms with Gasteiger partial charge in [-0.15, -0.1) is 0 Å².